The predicted octanol–water partition coefficient (Wildman–Crippen LogP) is 2.89. The van der Waals surface area contributed by atoms with Crippen LogP contribution in [-0.2, 0) is 14.3 Å². The second-order valence-electron chi connectivity index (χ2n) is 5.47. The molecule has 0 bridgehead atoms. The minimum Gasteiger partial charge on any atom is -0.482 e. The van der Waals surface area contributed by atoms with E-state index in [-0.39, 0.29) is 6.61 Å². The number of esters is 1. The van der Waals surface area contributed by atoms with Crippen molar-refractivity contribution in [1.82, 2.24) is 0 Å². The van der Waals surface area contributed by atoms with Gasteiger partial charge in [-0.1, -0.05) is 0 Å². The Bertz CT molecular complexity index is 519. The van der Waals surface area contributed by atoms with Crippen LogP contribution in [0.25, 0.3) is 0 Å². The van der Waals surface area contributed by atoms with Crippen LogP contribution >= 0.6 is 0 Å². The van der Waals surface area contributed by atoms with Gasteiger partial charge in [-0.15, -0.1) is 0 Å². The lowest BCUT2D eigenvalue weighted by molar-refractivity contribution is -0.142. The van der Waals surface area contributed by atoms with Crippen LogP contribution in [0.3, 0.4) is 0 Å². The number of anilines is 1. The maximum absolute atomic E-state index is 11.7. The first-order valence-electron chi connectivity index (χ1n) is 6.51. The number of rotatable bonds is 4. The normalized spacial score (nSPS) is 10.7. The molecule has 0 aliphatic heterocycles. The zero-order valence-corrected chi connectivity index (χ0v) is 13.0. The summed E-state index contributed by atoms with van der Waals surface area (Å²) in [5, 5.41) is 2.63. The van der Waals surface area contributed by atoms with Gasteiger partial charge in [0.15, 0.2) is 6.61 Å². The standard InChI is InChI=1S/C15H21NO5/c1-10-8-11(16-14(18)21-15(2,3)4)6-7-12(10)20-9-13(17)19-5/h6-8H,9H2,1-5H3,(H,16,18). The smallest absolute Gasteiger partial charge is 0.412 e. The van der Waals surface area contributed by atoms with Crippen LogP contribution in [0.5, 0.6) is 5.75 Å². The third kappa shape index (κ3) is 6.16. The van der Waals surface area contributed by atoms with Gasteiger partial charge in [0.1, 0.15) is 11.4 Å². The molecular formula is C15H21NO5. The van der Waals surface area contributed by atoms with Crippen LogP contribution < -0.4 is 10.1 Å². The maximum atomic E-state index is 11.7. The molecule has 0 aliphatic rings. The third-order valence-electron chi connectivity index (χ3n) is 2.39. The Labute approximate surface area is 124 Å². The van der Waals surface area contributed by atoms with Crippen molar-refractivity contribution < 1.29 is 23.8 Å². The predicted molar refractivity (Wildman–Crippen MR) is 78.5 cm³/mol. The number of ether oxygens (including phenoxy) is 3. The number of nitrogens with one attached hydrogen (secondary N) is 1. The maximum Gasteiger partial charge on any atom is 0.412 e. The van der Waals surface area contributed by atoms with Gasteiger partial charge in [0.2, 0.25) is 0 Å². The summed E-state index contributed by atoms with van der Waals surface area (Å²) in [6, 6.07) is 5.07. The highest BCUT2D eigenvalue weighted by atomic mass is 16.6. The third-order valence-corrected chi connectivity index (χ3v) is 2.39. The number of aryl methyl sites for hydroxylation is 1. The highest BCUT2D eigenvalue weighted by Gasteiger charge is 2.16. The van der Waals surface area contributed by atoms with E-state index in [9.17, 15) is 9.59 Å². The Morgan fingerprint density at radius 3 is 2.43 bits per heavy atom. The first-order chi connectivity index (χ1) is 9.71. The van der Waals surface area contributed by atoms with Gasteiger partial charge < -0.3 is 14.2 Å². The quantitative estimate of drug-likeness (QED) is 0.865. The van der Waals surface area contributed by atoms with Gasteiger partial charge in [-0.3, -0.25) is 5.32 Å². The van der Waals surface area contributed by atoms with Crippen molar-refractivity contribution >= 4 is 17.7 Å². The van der Waals surface area contributed by atoms with Gasteiger partial charge in [-0.2, -0.15) is 0 Å². The van der Waals surface area contributed by atoms with Gasteiger partial charge in [0.05, 0.1) is 7.11 Å². The van der Waals surface area contributed by atoms with Crippen molar-refractivity contribution in [3.8, 4) is 5.75 Å². The molecule has 1 amide bonds. The first-order valence-corrected chi connectivity index (χ1v) is 6.51. The molecule has 0 saturated heterocycles. The van der Waals surface area contributed by atoms with Gasteiger partial charge in [-0.25, -0.2) is 9.59 Å². The summed E-state index contributed by atoms with van der Waals surface area (Å²) in [6.45, 7) is 7.04. The average molecular weight is 295 g/mol. The van der Waals surface area contributed by atoms with Crippen LogP contribution in [0.1, 0.15) is 26.3 Å². The van der Waals surface area contributed by atoms with Crippen molar-refractivity contribution in [2.75, 3.05) is 19.0 Å². The SMILES string of the molecule is COC(=O)COc1ccc(NC(=O)OC(C)(C)C)cc1C. The largest absolute Gasteiger partial charge is 0.482 e. The minimum atomic E-state index is -0.553. The number of hydrogen-bond acceptors (Lipinski definition) is 5. The topological polar surface area (TPSA) is 73.9 Å². The lowest BCUT2D eigenvalue weighted by Gasteiger charge is -2.20. The summed E-state index contributed by atoms with van der Waals surface area (Å²) in [4.78, 5) is 22.7. The molecule has 0 unspecified atom stereocenters. The van der Waals surface area contributed by atoms with Crippen LogP contribution in [0.2, 0.25) is 0 Å². The fraction of sp³-hybridized carbons (Fsp3) is 0.467. The monoisotopic (exact) mass is 295 g/mol. The van der Waals surface area contributed by atoms with E-state index in [4.69, 9.17) is 9.47 Å². The van der Waals surface area contributed by atoms with Gasteiger partial charge in [0.25, 0.3) is 0 Å². The van der Waals surface area contributed by atoms with E-state index in [2.05, 4.69) is 10.1 Å². The number of carbonyl (C=O) groups excluding carboxylic acids is 2. The Hall–Kier alpha value is -2.24. The van der Waals surface area contributed by atoms with Gasteiger partial charge >= 0.3 is 12.1 Å². The van der Waals surface area contributed by atoms with Gasteiger partial charge in [-0.05, 0) is 51.5 Å². The van der Waals surface area contributed by atoms with Gasteiger partial charge in [0, 0.05) is 5.69 Å². The molecule has 0 fully saturated rings. The second-order valence-corrected chi connectivity index (χ2v) is 5.47. The molecule has 0 spiro atoms. The van der Waals surface area contributed by atoms with Crippen LogP contribution in [0, 0.1) is 6.92 Å². The van der Waals surface area contributed by atoms with Crippen LogP contribution in [0.15, 0.2) is 18.2 Å². The Morgan fingerprint density at radius 2 is 1.90 bits per heavy atom. The summed E-state index contributed by atoms with van der Waals surface area (Å²) in [5.74, 6) is 0.0977. The summed E-state index contributed by atoms with van der Waals surface area (Å²) >= 11 is 0. The summed E-state index contributed by atoms with van der Waals surface area (Å²) in [5.41, 5.74) is 0.822. The molecule has 0 aromatic heterocycles. The minimum absolute atomic E-state index is 0.157. The molecule has 1 aromatic rings. The molecule has 6 heteroatoms. The molecule has 6 nitrogen and oxygen atoms in total. The van der Waals surface area contributed by atoms with Crippen molar-refractivity contribution in [3.05, 3.63) is 23.8 Å². The fourth-order valence-corrected chi connectivity index (χ4v) is 1.51. The van der Waals surface area contributed by atoms with E-state index in [1.165, 1.54) is 7.11 Å². The molecule has 1 rings (SSSR count). The molecule has 0 radical (unpaired) electrons. The van der Waals surface area contributed by atoms with E-state index < -0.39 is 17.7 Å². The van der Waals surface area contributed by atoms with E-state index >= 15 is 0 Å². The Morgan fingerprint density at radius 1 is 1.24 bits per heavy atom. The molecule has 1 N–H and O–H groups in total. The number of methoxy groups -OCH3 is 1. The average Bonchev–Trinajstić information content (AvgIpc) is 2.35. The van der Waals surface area contributed by atoms with E-state index in [0.29, 0.717) is 11.4 Å². The van der Waals surface area contributed by atoms with Crippen molar-refractivity contribution in [1.29, 1.82) is 0 Å². The fourth-order valence-electron chi connectivity index (χ4n) is 1.51. The summed E-state index contributed by atoms with van der Waals surface area (Å²) in [6.07, 6.45) is -0.523. The molecule has 1 aromatic carbocycles. The number of hydrogen-bond donors (Lipinski definition) is 1. The Balaban J connectivity index is 2.65. The molecule has 0 atom stereocenters. The number of amides is 1. The summed E-state index contributed by atoms with van der Waals surface area (Å²) < 4.78 is 15.0. The van der Waals surface area contributed by atoms with E-state index in [1.807, 2.05) is 6.92 Å². The Kier molecular flexibility index (Phi) is 5.58. The molecule has 116 valence electrons. The van der Waals surface area contributed by atoms with Crippen LogP contribution in [-0.4, -0.2) is 31.4 Å². The van der Waals surface area contributed by atoms with E-state index in [1.54, 1.807) is 39.0 Å². The zero-order chi connectivity index (χ0) is 16.0. The first kappa shape index (κ1) is 16.8. The summed E-state index contributed by atoms with van der Waals surface area (Å²) in [7, 11) is 1.30. The van der Waals surface area contributed by atoms with Crippen molar-refractivity contribution in [2.45, 2.75) is 33.3 Å². The highest BCUT2D eigenvalue weighted by Crippen LogP contribution is 2.22. The lowest BCUT2D eigenvalue weighted by Crippen LogP contribution is -2.27. The molecular weight excluding hydrogens is 274 g/mol. The molecule has 21 heavy (non-hydrogen) atoms. The molecule has 0 heterocycles. The number of carbonyl (C=O) groups is 2. The van der Waals surface area contributed by atoms with E-state index in [0.717, 1.165) is 5.56 Å². The highest BCUT2D eigenvalue weighted by molar-refractivity contribution is 5.85. The molecule has 0 aliphatic carbocycles. The molecule has 0 saturated carbocycles. The number of benzene rings is 1. The zero-order valence-electron chi connectivity index (χ0n) is 13.0. The van der Waals surface area contributed by atoms with Crippen molar-refractivity contribution in [2.24, 2.45) is 0 Å². The second kappa shape index (κ2) is 6.97. The van der Waals surface area contributed by atoms with Crippen molar-refractivity contribution in [3.63, 3.8) is 0 Å². The lowest BCUT2D eigenvalue weighted by atomic mass is 10.2. The van der Waals surface area contributed by atoms with Crippen LogP contribution in [0.4, 0.5) is 10.5 Å².